The molecule has 2 aromatic rings. The maximum atomic E-state index is 13.2. The summed E-state index contributed by atoms with van der Waals surface area (Å²) >= 11 is 0. The van der Waals surface area contributed by atoms with Crippen LogP contribution in [-0.2, 0) is 0 Å². The topological polar surface area (TPSA) is 13.1 Å². The molecule has 1 aromatic carbocycles. The Hall–Kier alpha value is -1.38. The summed E-state index contributed by atoms with van der Waals surface area (Å²) in [5.41, 5.74) is 0.117. The Labute approximate surface area is 67.6 Å². The predicted molar refractivity (Wildman–Crippen MR) is 40.9 cm³/mol. The number of hydrogen-bond acceptors (Lipinski definition) is 1. The smallest absolute Gasteiger partial charge is 0.172 e. The van der Waals surface area contributed by atoms with Gasteiger partial charge in [0.1, 0.15) is 5.82 Å². The highest BCUT2D eigenvalue weighted by molar-refractivity contribution is 5.78. The molecule has 1 nitrogen and oxygen atoms in total. The Morgan fingerprint density at radius 3 is 2.83 bits per heavy atom. The van der Waals surface area contributed by atoms with Crippen LogP contribution >= 0.6 is 0 Å². The molecular weight excluding hydrogens is 162 g/mol. The van der Waals surface area contributed by atoms with Crippen molar-refractivity contribution in [2.45, 2.75) is 6.92 Å². The Bertz CT molecular complexity index is 431. The number of fused-ring (bicyclic) bond motifs is 1. The number of halogens is 2. The standard InChI is InChI=1S/C9H6F2O/c1-5-7(10)4-6-2-3-12-9(6)8(5)11/h2-4H,1H3. The lowest BCUT2D eigenvalue weighted by Crippen LogP contribution is -1.87. The van der Waals surface area contributed by atoms with Crippen LogP contribution in [0, 0.1) is 18.6 Å². The molecule has 0 saturated heterocycles. The zero-order chi connectivity index (χ0) is 8.72. The zero-order valence-electron chi connectivity index (χ0n) is 6.40. The lowest BCUT2D eigenvalue weighted by Gasteiger charge is -1.97. The van der Waals surface area contributed by atoms with Gasteiger partial charge in [0.25, 0.3) is 0 Å². The van der Waals surface area contributed by atoms with E-state index < -0.39 is 11.6 Å². The van der Waals surface area contributed by atoms with Gasteiger partial charge in [-0.3, -0.25) is 0 Å². The number of benzene rings is 1. The highest BCUT2D eigenvalue weighted by Crippen LogP contribution is 2.23. The van der Waals surface area contributed by atoms with Crippen molar-refractivity contribution in [1.29, 1.82) is 0 Å². The average Bonchev–Trinajstić information content (AvgIpc) is 2.48. The first-order chi connectivity index (χ1) is 5.70. The molecular formula is C9H6F2O. The van der Waals surface area contributed by atoms with Crippen LogP contribution in [-0.4, -0.2) is 0 Å². The lowest BCUT2D eigenvalue weighted by atomic mass is 10.1. The van der Waals surface area contributed by atoms with Crippen LogP contribution < -0.4 is 0 Å². The number of hydrogen-bond donors (Lipinski definition) is 0. The third-order valence-electron chi connectivity index (χ3n) is 1.86. The highest BCUT2D eigenvalue weighted by Gasteiger charge is 2.11. The first-order valence-electron chi connectivity index (χ1n) is 3.52. The summed E-state index contributed by atoms with van der Waals surface area (Å²) < 4.78 is 30.9. The van der Waals surface area contributed by atoms with E-state index in [9.17, 15) is 8.78 Å². The van der Waals surface area contributed by atoms with Crippen LogP contribution in [0.1, 0.15) is 5.56 Å². The van der Waals surface area contributed by atoms with Gasteiger partial charge in [-0.1, -0.05) is 0 Å². The van der Waals surface area contributed by atoms with E-state index in [1.807, 2.05) is 0 Å². The molecule has 0 aliphatic rings. The highest BCUT2D eigenvalue weighted by atomic mass is 19.1. The average molecular weight is 168 g/mol. The van der Waals surface area contributed by atoms with Crippen LogP contribution in [0.25, 0.3) is 11.0 Å². The quantitative estimate of drug-likeness (QED) is 0.589. The fourth-order valence-electron chi connectivity index (χ4n) is 1.13. The second-order valence-electron chi connectivity index (χ2n) is 2.64. The monoisotopic (exact) mass is 168 g/mol. The second kappa shape index (κ2) is 2.30. The summed E-state index contributed by atoms with van der Waals surface area (Å²) in [6.45, 7) is 1.38. The summed E-state index contributed by atoms with van der Waals surface area (Å²) in [5.74, 6) is -1.16. The summed E-state index contributed by atoms with van der Waals surface area (Å²) in [7, 11) is 0. The van der Waals surface area contributed by atoms with Gasteiger partial charge in [-0.05, 0) is 19.1 Å². The van der Waals surface area contributed by atoms with Gasteiger partial charge in [0.05, 0.1) is 6.26 Å². The van der Waals surface area contributed by atoms with E-state index in [4.69, 9.17) is 4.42 Å². The number of rotatable bonds is 0. The maximum Gasteiger partial charge on any atom is 0.172 e. The fraction of sp³-hybridized carbons (Fsp3) is 0.111. The van der Waals surface area contributed by atoms with E-state index in [1.165, 1.54) is 25.3 Å². The summed E-state index contributed by atoms with van der Waals surface area (Å²) in [4.78, 5) is 0. The van der Waals surface area contributed by atoms with Crippen molar-refractivity contribution in [3.8, 4) is 0 Å². The van der Waals surface area contributed by atoms with Gasteiger partial charge in [0, 0.05) is 10.9 Å². The van der Waals surface area contributed by atoms with Crippen LogP contribution in [0.2, 0.25) is 0 Å². The molecule has 0 N–H and O–H groups in total. The van der Waals surface area contributed by atoms with E-state index >= 15 is 0 Å². The van der Waals surface area contributed by atoms with Crippen molar-refractivity contribution < 1.29 is 13.2 Å². The second-order valence-corrected chi connectivity index (χ2v) is 2.64. The third-order valence-corrected chi connectivity index (χ3v) is 1.86. The van der Waals surface area contributed by atoms with Gasteiger partial charge in [0.15, 0.2) is 11.4 Å². The minimum atomic E-state index is -0.616. The molecule has 0 aliphatic heterocycles. The van der Waals surface area contributed by atoms with Crippen LogP contribution in [0.4, 0.5) is 8.78 Å². The number of furan rings is 1. The normalized spacial score (nSPS) is 10.9. The summed E-state index contributed by atoms with van der Waals surface area (Å²) in [5, 5.41) is 0.454. The Morgan fingerprint density at radius 2 is 2.08 bits per heavy atom. The van der Waals surface area contributed by atoms with Gasteiger partial charge < -0.3 is 4.42 Å². The molecule has 0 aliphatic carbocycles. The van der Waals surface area contributed by atoms with Crippen LogP contribution in [0.5, 0.6) is 0 Å². The van der Waals surface area contributed by atoms with Crippen molar-refractivity contribution in [3.63, 3.8) is 0 Å². The summed E-state index contributed by atoms with van der Waals surface area (Å²) in [6, 6.07) is 2.79. The van der Waals surface area contributed by atoms with E-state index in [2.05, 4.69) is 0 Å². The van der Waals surface area contributed by atoms with Crippen molar-refractivity contribution in [1.82, 2.24) is 0 Å². The van der Waals surface area contributed by atoms with Crippen LogP contribution in [0.15, 0.2) is 22.8 Å². The summed E-state index contributed by atoms with van der Waals surface area (Å²) in [6.07, 6.45) is 1.34. The molecule has 0 saturated carbocycles. The molecule has 0 radical (unpaired) electrons. The van der Waals surface area contributed by atoms with E-state index in [1.54, 1.807) is 0 Å². The molecule has 3 heteroatoms. The fourth-order valence-corrected chi connectivity index (χ4v) is 1.13. The minimum Gasteiger partial charge on any atom is -0.461 e. The van der Waals surface area contributed by atoms with Gasteiger partial charge in [-0.15, -0.1) is 0 Å². The Morgan fingerprint density at radius 1 is 1.33 bits per heavy atom. The SMILES string of the molecule is Cc1c(F)cc2ccoc2c1F. The Balaban J connectivity index is 2.94. The van der Waals surface area contributed by atoms with Gasteiger partial charge in [-0.25, -0.2) is 8.78 Å². The maximum absolute atomic E-state index is 13.2. The molecule has 1 heterocycles. The molecule has 0 bridgehead atoms. The molecule has 1 aromatic heterocycles. The van der Waals surface area contributed by atoms with E-state index in [-0.39, 0.29) is 11.1 Å². The van der Waals surface area contributed by atoms with Crippen molar-refractivity contribution in [2.24, 2.45) is 0 Å². The molecule has 0 unspecified atom stereocenters. The molecule has 0 amide bonds. The van der Waals surface area contributed by atoms with Crippen molar-refractivity contribution in [3.05, 3.63) is 35.6 Å². The van der Waals surface area contributed by atoms with Crippen molar-refractivity contribution in [2.75, 3.05) is 0 Å². The first-order valence-corrected chi connectivity index (χ1v) is 3.52. The van der Waals surface area contributed by atoms with Crippen LogP contribution in [0.3, 0.4) is 0 Å². The largest absolute Gasteiger partial charge is 0.461 e. The van der Waals surface area contributed by atoms with Crippen molar-refractivity contribution >= 4 is 11.0 Å². The van der Waals surface area contributed by atoms with E-state index in [0.717, 1.165) is 0 Å². The molecule has 0 spiro atoms. The molecule has 0 atom stereocenters. The molecule has 62 valence electrons. The molecule has 2 rings (SSSR count). The first kappa shape index (κ1) is 7.28. The van der Waals surface area contributed by atoms with E-state index in [0.29, 0.717) is 5.39 Å². The molecule has 0 fully saturated rings. The van der Waals surface area contributed by atoms with Gasteiger partial charge >= 0.3 is 0 Å². The third kappa shape index (κ3) is 0.826. The minimum absolute atomic E-state index is 0.00236. The van der Waals surface area contributed by atoms with Gasteiger partial charge in [-0.2, -0.15) is 0 Å². The molecule has 12 heavy (non-hydrogen) atoms. The zero-order valence-corrected chi connectivity index (χ0v) is 6.40. The Kier molecular flexibility index (Phi) is 1.40. The van der Waals surface area contributed by atoms with Gasteiger partial charge in [0.2, 0.25) is 0 Å². The lowest BCUT2D eigenvalue weighted by molar-refractivity contribution is 0.538. The predicted octanol–water partition coefficient (Wildman–Crippen LogP) is 3.02.